The van der Waals surface area contributed by atoms with E-state index in [2.05, 4.69) is 5.32 Å². The van der Waals surface area contributed by atoms with Crippen molar-refractivity contribution in [1.82, 2.24) is 5.32 Å². The van der Waals surface area contributed by atoms with Crippen LogP contribution in [0, 0.1) is 11.7 Å². The molecular formula is C15H18F4N2O. The van der Waals surface area contributed by atoms with Gasteiger partial charge in [-0.3, -0.25) is 4.79 Å². The second-order valence-electron chi connectivity index (χ2n) is 5.59. The lowest BCUT2D eigenvalue weighted by Crippen LogP contribution is -2.44. The molecule has 122 valence electrons. The lowest BCUT2D eigenvalue weighted by atomic mass is 9.84. The Kier molecular flexibility index (Phi) is 5.05. The summed E-state index contributed by atoms with van der Waals surface area (Å²) in [5.74, 6) is -1.68. The molecule has 1 aliphatic carbocycles. The summed E-state index contributed by atoms with van der Waals surface area (Å²) < 4.78 is 51.4. The minimum Gasteiger partial charge on any atom is -0.349 e. The van der Waals surface area contributed by atoms with Gasteiger partial charge in [-0.15, -0.1) is 0 Å². The van der Waals surface area contributed by atoms with Crippen LogP contribution in [0.2, 0.25) is 0 Å². The van der Waals surface area contributed by atoms with Crippen molar-refractivity contribution < 1.29 is 22.4 Å². The van der Waals surface area contributed by atoms with Crippen molar-refractivity contribution in [2.75, 3.05) is 6.54 Å². The summed E-state index contributed by atoms with van der Waals surface area (Å²) in [5, 5.41) is 2.69. The zero-order valence-corrected chi connectivity index (χ0v) is 11.9. The van der Waals surface area contributed by atoms with Gasteiger partial charge in [-0.2, -0.15) is 13.2 Å². The molecule has 0 aromatic heterocycles. The Bertz CT molecular complexity index is 545. The Morgan fingerprint density at radius 2 is 1.91 bits per heavy atom. The van der Waals surface area contributed by atoms with Crippen molar-refractivity contribution in [3.05, 3.63) is 35.1 Å². The summed E-state index contributed by atoms with van der Waals surface area (Å²) in [6.07, 6.45) is -1.14. The average molecular weight is 318 g/mol. The van der Waals surface area contributed by atoms with Gasteiger partial charge in [-0.1, -0.05) is 12.8 Å². The molecule has 0 heterocycles. The van der Waals surface area contributed by atoms with Gasteiger partial charge in [0.25, 0.3) is 5.91 Å². The lowest BCUT2D eigenvalue weighted by molar-refractivity contribution is -0.137. The third-order valence-corrected chi connectivity index (χ3v) is 4.02. The van der Waals surface area contributed by atoms with E-state index in [0.29, 0.717) is 18.7 Å². The van der Waals surface area contributed by atoms with E-state index >= 15 is 0 Å². The van der Waals surface area contributed by atoms with Crippen LogP contribution in [-0.4, -0.2) is 18.5 Å². The van der Waals surface area contributed by atoms with E-state index in [0.717, 1.165) is 31.7 Å². The molecule has 1 aromatic carbocycles. The predicted octanol–water partition coefficient (Wildman–Crippen LogP) is 3.09. The third kappa shape index (κ3) is 3.97. The second kappa shape index (κ2) is 6.64. The number of halogens is 4. The maximum atomic E-state index is 13.3. The molecule has 1 amide bonds. The Morgan fingerprint density at radius 1 is 1.23 bits per heavy atom. The fourth-order valence-electron chi connectivity index (χ4n) is 2.82. The summed E-state index contributed by atoms with van der Waals surface area (Å²) >= 11 is 0. The Balaban J connectivity index is 2.17. The number of nitrogens with one attached hydrogen (secondary N) is 1. The van der Waals surface area contributed by atoms with Crippen LogP contribution in [0.15, 0.2) is 18.2 Å². The highest BCUT2D eigenvalue weighted by Gasteiger charge is 2.32. The van der Waals surface area contributed by atoms with Gasteiger partial charge < -0.3 is 11.1 Å². The predicted molar refractivity (Wildman–Crippen MR) is 73.7 cm³/mol. The van der Waals surface area contributed by atoms with Crippen molar-refractivity contribution in [2.45, 2.75) is 37.9 Å². The number of amides is 1. The van der Waals surface area contributed by atoms with E-state index < -0.39 is 23.5 Å². The van der Waals surface area contributed by atoms with Gasteiger partial charge in [0.2, 0.25) is 0 Å². The number of alkyl halides is 3. The first-order valence-electron chi connectivity index (χ1n) is 7.20. The topological polar surface area (TPSA) is 55.1 Å². The van der Waals surface area contributed by atoms with Crippen molar-refractivity contribution in [2.24, 2.45) is 11.7 Å². The van der Waals surface area contributed by atoms with Crippen molar-refractivity contribution in [3.63, 3.8) is 0 Å². The van der Waals surface area contributed by atoms with Crippen LogP contribution >= 0.6 is 0 Å². The van der Waals surface area contributed by atoms with Crippen LogP contribution in [0.3, 0.4) is 0 Å². The summed E-state index contributed by atoms with van der Waals surface area (Å²) in [6, 6.07) is 1.67. The SMILES string of the molecule is NCC1CCCCC1NC(=O)c1cc(F)cc(C(F)(F)F)c1. The molecule has 1 aromatic rings. The Labute approximate surface area is 125 Å². The van der Waals surface area contributed by atoms with Crippen LogP contribution < -0.4 is 11.1 Å². The molecule has 0 radical (unpaired) electrons. The van der Waals surface area contributed by atoms with E-state index in [1.165, 1.54) is 0 Å². The molecule has 0 bridgehead atoms. The van der Waals surface area contributed by atoms with Gasteiger partial charge in [0.05, 0.1) is 5.56 Å². The van der Waals surface area contributed by atoms with Gasteiger partial charge in [0, 0.05) is 11.6 Å². The largest absolute Gasteiger partial charge is 0.416 e. The van der Waals surface area contributed by atoms with Crippen molar-refractivity contribution >= 4 is 5.91 Å². The van der Waals surface area contributed by atoms with Crippen LogP contribution in [0.1, 0.15) is 41.6 Å². The first kappa shape index (κ1) is 16.7. The quantitative estimate of drug-likeness (QED) is 0.842. The molecule has 2 atom stereocenters. The average Bonchev–Trinajstić information content (AvgIpc) is 2.46. The standard InChI is InChI=1S/C15H18F4N2O/c16-12-6-10(5-11(7-12)15(17,18)19)14(22)21-13-4-2-1-3-9(13)8-20/h5-7,9,13H,1-4,8,20H2,(H,21,22). The van der Waals surface area contributed by atoms with Gasteiger partial charge in [-0.25, -0.2) is 4.39 Å². The molecule has 3 nitrogen and oxygen atoms in total. The third-order valence-electron chi connectivity index (χ3n) is 4.02. The molecule has 0 aliphatic heterocycles. The van der Waals surface area contributed by atoms with Crippen LogP contribution in [0.5, 0.6) is 0 Å². The van der Waals surface area contributed by atoms with E-state index in [4.69, 9.17) is 5.73 Å². The first-order chi connectivity index (χ1) is 10.3. The molecule has 7 heteroatoms. The number of benzene rings is 1. The molecule has 1 fully saturated rings. The maximum Gasteiger partial charge on any atom is 0.416 e. The molecule has 2 unspecified atom stereocenters. The van der Waals surface area contributed by atoms with Crippen molar-refractivity contribution in [1.29, 1.82) is 0 Å². The summed E-state index contributed by atoms with van der Waals surface area (Å²) in [7, 11) is 0. The summed E-state index contributed by atoms with van der Waals surface area (Å²) in [4.78, 5) is 12.1. The van der Waals surface area contributed by atoms with Gasteiger partial charge >= 0.3 is 6.18 Å². The van der Waals surface area contributed by atoms with E-state index in [1.54, 1.807) is 0 Å². The highest BCUT2D eigenvalue weighted by molar-refractivity contribution is 5.94. The normalized spacial score (nSPS) is 22.4. The zero-order valence-electron chi connectivity index (χ0n) is 11.9. The fourth-order valence-corrected chi connectivity index (χ4v) is 2.82. The second-order valence-corrected chi connectivity index (χ2v) is 5.59. The van der Waals surface area contributed by atoms with Crippen molar-refractivity contribution in [3.8, 4) is 0 Å². The minimum atomic E-state index is -4.69. The van der Waals surface area contributed by atoms with Crippen LogP contribution in [-0.2, 0) is 6.18 Å². The molecule has 2 rings (SSSR count). The maximum absolute atomic E-state index is 13.3. The fraction of sp³-hybridized carbons (Fsp3) is 0.533. The molecule has 3 N–H and O–H groups in total. The van der Waals surface area contributed by atoms with E-state index in [9.17, 15) is 22.4 Å². The Morgan fingerprint density at radius 3 is 2.55 bits per heavy atom. The smallest absolute Gasteiger partial charge is 0.349 e. The number of nitrogens with two attached hydrogens (primary N) is 1. The molecular weight excluding hydrogens is 300 g/mol. The monoisotopic (exact) mass is 318 g/mol. The first-order valence-corrected chi connectivity index (χ1v) is 7.20. The number of hydrogen-bond donors (Lipinski definition) is 2. The van der Waals surface area contributed by atoms with Gasteiger partial charge in [0.15, 0.2) is 0 Å². The van der Waals surface area contributed by atoms with E-state index in [-0.39, 0.29) is 17.5 Å². The number of carbonyl (C=O) groups is 1. The summed E-state index contributed by atoms with van der Waals surface area (Å²) in [5.41, 5.74) is 4.16. The highest BCUT2D eigenvalue weighted by atomic mass is 19.4. The van der Waals surface area contributed by atoms with E-state index in [1.807, 2.05) is 0 Å². The molecule has 22 heavy (non-hydrogen) atoms. The molecule has 0 saturated heterocycles. The number of carbonyl (C=O) groups excluding carboxylic acids is 1. The number of rotatable bonds is 3. The van der Waals surface area contributed by atoms with Gasteiger partial charge in [0.1, 0.15) is 5.82 Å². The lowest BCUT2D eigenvalue weighted by Gasteiger charge is -2.31. The zero-order chi connectivity index (χ0) is 16.3. The Hall–Kier alpha value is -1.63. The minimum absolute atomic E-state index is 0.105. The molecule has 1 saturated carbocycles. The molecule has 0 spiro atoms. The molecule has 1 aliphatic rings. The van der Waals surface area contributed by atoms with Crippen LogP contribution in [0.4, 0.5) is 17.6 Å². The summed E-state index contributed by atoms with van der Waals surface area (Å²) in [6.45, 7) is 0.405. The highest BCUT2D eigenvalue weighted by Crippen LogP contribution is 2.30. The van der Waals surface area contributed by atoms with Crippen LogP contribution in [0.25, 0.3) is 0 Å². The van der Waals surface area contributed by atoms with Gasteiger partial charge in [-0.05, 0) is 43.5 Å². The number of hydrogen-bond acceptors (Lipinski definition) is 2.